The van der Waals surface area contributed by atoms with Gasteiger partial charge in [0.15, 0.2) is 0 Å². The van der Waals surface area contributed by atoms with Crippen molar-refractivity contribution in [3.05, 3.63) is 0 Å². The van der Waals surface area contributed by atoms with Crippen LogP contribution in [-0.2, 0) is 22.6 Å². The van der Waals surface area contributed by atoms with Crippen LogP contribution in [0.5, 0.6) is 0 Å². The quantitative estimate of drug-likeness (QED) is 0.434. The molecule has 5 heteroatoms. The molecule has 0 aliphatic heterocycles. The third kappa shape index (κ3) is 18.6. The fourth-order valence-electron chi connectivity index (χ4n) is 0. The Morgan fingerprint density at radius 3 is 1.20 bits per heavy atom. The maximum atomic E-state index is 8.34. The van der Waals surface area contributed by atoms with E-state index >= 15 is 0 Å². The summed E-state index contributed by atoms with van der Waals surface area (Å²) in [6.45, 7) is 0. The Kier molecular flexibility index (Phi) is 123. The molecule has 0 saturated heterocycles. The zero-order valence-electron chi connectivity index (χ0n) is 2.77. The summed E-state index contributed by atoms with van der Waals surface area (Å²) in [5.41, 5.74) is 0. The van der Waals surface area contributed by atoms with E-state index in [1.54, 1.807) is 0 Å². The van der Waals surface area contributed by atoms with Gasteiger partial charge < -0.3 is 0 Å². The van der Waals surface area contributed by atoms with Gasteiger partial charge in [-0.1, -0.05) is 0 Å². The molecule has 0 aliphatic carbocycles. The SMILES string of the molecule is [In].[O]=[Sn].[Pr].[Zn]. The van der Waals surface area contributed by atoms with Gasteiger partial charge in [-0.2, -0.15) is 0 Å². The van der Waals surface area contributed by atoms with Gasteiger partial charge in [-0.25, -0.2) is 0 Å². The van der Waals surface area contributed by atoms with Gasteiger partial charge in [0.05, 0.1) is 0 Å². The summed E-state index contributed by atoms with van der Waals surface area (Å²) in [6.07, 6.45) is 0. The third-order valence-electron chi connectivity index (χ3n) is 0. The first kappa shape index (κ1) is 23.7. The van der Waals surface area contributed by atoms with E-state index in [2.05, 4.69) is 0 Å². The second-order valence-electron chi connectivity index (χ2n) is 0. The van der Waals surface area contributed by atoms with Crippen molar-refractivity contribution in [2.45, 2.75) is 0 Å². The maximum Gasteiger partial charge on any atom is 0 e. The van der Waals surface area contributed by atoms with Gasteiger partial charge in [0.2, 0.25) is 0 Å². The van der Waals surface area contributed by atoms with Crippen molar-refractivity contribution in [2.24, 2.45) is 0 Å². The predicted octanol–water partition coefficient (Wildman–Crippen LogP) is -0.883. The zero-order valence-corrected chi connectivity index (χ0v) is 15.6. The van der Waals surface area contributed by atoms with Crippen LogP contribution < -0.4 is 0 Å². The molecule has 0 heterocycles. The summed E-state index contributed by atoms with van der Waals surface area (Å²) in [7, 11) is 0. The topological polar surface area (TPSA) is 17.1 Å². The van der Waals surface area contributed by atoms with E-state index in [4.69, 9.17) is 3.08 Å². The first-order valence-electron chi connectivity index (χ1n) is 0.204. The molecule has 0 unspecified atom stereocenters. The monoisotopic (exact) mass is 456 g/mol. The zero-order chi connectivity index (χ0) is 2.00. The molecular formula is InOPrSnZn. The summed E-state index contributed by atoms with van der Waals surface area (Å²) in [5.74, 6) is 0. The van der Waals surface area contributed by atoms with Crippen LogP contribution in [0.15, 0.2) is 0 Å². The van der Waals surface area contributed by atoms with E-state index < -0.39 is 0 Å². The van der Waals surface area contributed by atoms with Crippen LogP contribution in [0.4, 0.5) is 0 Å². The van der Waals surface area contributed by atoms with E-state index in [0.717, 1.165) is 0 Å². The normalized spacial score (nSPS) is 0.800. The molecule has 0 spiro atoms. The van der Waals surface area contributed by atoms with Crippen LogP contribution in [-0.4, -0.2) is 48.4 Å². The van der Waals surface area contributed by atoms with Crippen molar-refractivity contribution >= 4 is 48.4 Å². The van der Waals surface area contributed by atoms with Crippen LogP contribution in [0.1, 0.15) is 0 Å². The van der Waals surface area contributed by atoms with E-state index in [1.807, 2.05) is 0 Å². The molecule has 6 radical (unpaired) electrons. The smallest absolute Gasteiger partial charge is 0 e. The number of hydrogen-bond donors (Lipinski definition) is 0. The van der Waals surface area contributed by atoms with Crippen molar-refractivity contribution in [2.75, 3.05) is 0 Å². The van der Waals surface area contributed by atoms with Crippen LogP contribution in [0.3, 0.4) is 0 Å². The summed E-state index contributed by atoms with van der Waals surface area (Å²) in [4.78, 5) is 0. The fourth-order valence-corrected chi connectivity index (χ4v) is 0. The molecule has 5 heavy (non-hydrogen) atoms. The average Bonchev–Trinajstić information content (AvgIpc) is 1.00. The minimum atomic E-state index is 0. The number of rotatable bonds is 0. The molecule has 0 aliphatic rings. The molecule has 1 nitrogen and oxygen atoms in total. The summed E-state index contributed by atoms with van der Waals surface area (Å²) >= 11 is 0.300. The molecule has 0 aromatic heterocycles. The molecule has 0 atom stereocenters. The van der Waals surface area contributed by atoms with Gasteiger partial charge in [-0.15, -0.1) is 0 Å². The van der Waals surface area contributed by atoms with Crippen molar-refractivity contribution < 1.29 is 63.8 Å². The minimum Gasteiger partial charge on any atom is 0 e. The average molecular weight is 456 g/mol. The standard InChI is InChI=1S/In.O.Pr.Sn.Zn. The van der Waals surface area contributed by atoms with Crippen molar-refractivity contribution in [3.63, 3.8) is 0 Å². The van der Waals surface area contributed by atoms with Crippen LogP contribution in [0.2, 0.25) is 0 Å². The Hall–Kier alpha value is 3.46. The van der Waals surface area contributed by atoms with Gasteiger partial charge in [-0.3, -0.25) is 0 Å². The molecule has 0 bridgehead atoms. The minimum absolute atomic E-state index is 0. The molecule has 0 amide bonds. The van der Waals surface area contributed by atoms with E-state index in [9.17, 15) is 0 Å². The summed E-state index contributed by atoms with van der Waals surface area (Å²) < 4.78 is 8.34. The van der Waals surface area contributed by atoms with Gasteiger partial charge in [-0.05, 0) is 0 Å². The molecule has 0 aromatic rings. The first-order valence-corrected chi connectivity index (χ1v) is 1.37. The van der Waals surface area contributed by atoms with Gasteiger partial charge in [0.25, 0.3) is 0 Å². The van der Waals surface area contributed by atoms with Crippen molar-refractivity contribution in [3.8, 4) is 0 Å². The van der Waals surface area contributed by atoms with Crippen LogP contribution in [0, 0.1) is 41.3 Å². The summed E-state index contributed by atoms with van der Waals surface area (Å²) in [5, 5.41) is 0. The van der Waals surface area contributed by atoms with E-state index in [-0.39, 0.29) is 86.6 Å². The number of hydrogen-bond acceptors (Lipinski definition) is 1. The first-order chi connectivity index (χ1) is 1.00. The molecule has 0 rings (SSSR count). The largest absolute Gasteiger partial charge is 0 e. The Morgan fingerprint density at radius 1 is 1.20 bits per heavy atom. The molecule has 0 fully saturated rings. The molecule has 0 saturated carbocycles. The van der Waals surface area contributed by atoms with Gasteiger partial charge >= 0.3 is 25.6 Å². The Balaban J connectivity index is -0.00000000167. The predicted molar refractivity (Wildman–Crippen MR) is 12.2 cm³/mol. The van der Waals surface area contributed by atoms with Crippen molar-refractivity contribution in [1.82, 2.24) is 0 Å². The van der Waals surface area contributed by atoms with Crippen molar-refractivity contribution in [1.29, 1.82) is 0 Å². The summed E-state index contributed by atoms with van der Waals surface area (Å²) in [6, 6.07) is 0. The molecular weight excluding hydrogens is 456 g/mol. The van der Waals surface area contributed by atoms with Gasteiger partial charge in [0.1, 0.15) is 0 Å². The van der Waals surface area contributed by atoms with Crippen LogP contribution in [0.25, 0.3) is 0 Å². The second kappa shape index (κ2) is 26.0. The Labute approximate surface area is 109 Å². The third-order valence-corrected chi connectivity index (χ3v) is 0. The molecule has 0 aromatic carbocycles. The second-order valence-corrected chi connectivity index (χ2v) is 0. The maximum absolute atomic E-state index is 8.34. The van der Waals surface area contributed by atoms with Gasteiger partial charge in [0, 0.05) is 86.6 Å². The van der Waals surface area contributed by atoms with E-state index in [0.29, 0.717) is 22.5 Å². The van der Waals surface area contributed by atoms with Crippen LogP contribution >= 0.6 is 0 Å². The molecule has 0 N–H and O–H groups in total. The Morgan fingerprint density at radius 2 is 1.20 bits per heavy atom. The molecule has 18 valence electrons. The fraction of sp³-hybridized carbons (Fsp3) is 0. The Bertz CT molecular complexity index is 11.6. The van der Waals surface area contributed by atoms with E-state index in [1.165, 1.54) is 0 Å².